The molecular formula is C17H30N4. The Hall–Kier alpha value is -1.32. The van der Waals surface area contributed by atoms with Crippen LogP contribution in [0.5, 0.6) is 0 Å². The number of aromatic nitrogens is 2. The molecule has 21 heavy (non-hydrogen) atoms. The van der Waals surface area contributed by atoms with Crippen LogP contribution in [0.1, 0.15) is 65.3 Å². The Kier molecular flexibility index (Phi) is 4.74. The van der Waals surface area contributed by atoms with Gasteiger partial charge >= 0.3 is 0 Å². The van der Waals surface area contributed by atoms with E-state index in [1.165, 1.54) is 12.8 Å². The first-order valence-corrected chi connectivity index (χ1v) is 8.26. The van der Waals surface area contributed by atoms with E-state index in [0.717, 1.165) is 41.9 Å². The highest BCUT2D eigenvalue weighted by molar-refractivity contribution is 5.58. The molecule has 0 saturated heterocycles. The molecule has 0 radical (unpaired) electrons. The highest BCUT2D eigenvalue weighted by atomic mass is 15.1. The molecule has 2 N–H and O–H groups in total. The lowest BCUT2D eigenvalue weighted by Crippen LogP contribution is -2.20. The van der Waals surface area contributed by atoms with Gasteiger partial charge in [0.1, 0.15) is 17.5 Å². The summed E-state index contributed by atoms with van der Waals surface area (Å²) >= 11 is 0. The molecule has 2 atom stereocenters. The summed E-state index contributed by atoms with van der Waals surface area (Å²) in [6, 6.07) is 0.593. The van der Waals surface area contributed by atoms with Crippen molar-refractivity contribution >= 4 is 11.6 Å². The summed E-state index contributed by atoms with van der Waals surface area (Å²) < 4.78 is 0. The molecular weight excluding hydrogens is 260 g/mol. The molecule has 1 fully saturated rings. The van der Waals surface area contributed by atoms with Crippen molar-refractivity contribution < 1.29 is 0 Å². The maximum absolute atomic E-state index is 4.80. The third kappa shape index (κ3) is 3.86. The van der Waals surface area contributed by atoms with Crippen molar-refractivity contribution in [1.82, 2.24) is 9.97 Å². The van der Waals surface area contributed by atoms with Crippen LogP contribution < -0.4 is 10.6 Å². The molecule has 4 heteroatoms. The van der Waals surface area contributed by atoms with Gasteiger partial charge in [-0.3, -0.25) is 0 Å². The molecule has 0 amide bonds. The zero-order chi connectivity index (χ0) is 15.6. The fourth-order valence-electron chi connectivity index (χ4n) is 2.46. The maximum atomic E-state index is 4.80. The van der Waals surface area contributed by atoms with E-state index in [4.69, 9.17) is 9.97 Å². The molecule has 1 saturated carbocycles. The van der Waals surface area contributed by atoms with Crippen molar-refractivity contribution in [3.05, 3.63) is 11.4 Å². The molecule has 0 aliphatic heterocycles. The summed E-state index contributed by atoms with van der Waals surface area (Å²) in [4.78, 5) is 9.55. The van der Waals surface area contributed by atoms with Crippen molar-refractivity contribution in [2.45, 2.75) is 72.3 Å². The zero-order valence-electron chi connectivity index (χ0n) is 14.4. The fraction of sp³-hybridized carbons (Fsp3) is 0.765. The Labute approximate surface area is 129 Å². The molecule has 1 aromatic rings. The third-order valence-corrected chi connectivity index (χ3v) is 4.13. The number of anilines is 2. The average molecular weight is 290 g/mol. The highest BCUT2D eigenvalue weighted by Crippen LogP contribution is 2.37. The molecule has 4 nitrogen and oxygen atoms in total. The molecule has 0 bridgehead atoms. The van der Waals surface area contributed by atoms with E-state index in [-0.39, 0.29) is 5.41 Å². The van der Waals surface area contributed by atoms with Gasteiger partial charge in [-0.25, -0.2) is 9.97 Å². The molecule has 0 aromatic carbocycles. The monoisotopic (exact) mass is 290 g/mol. The zero-order valence-corrected chi connectivity index (χ0v) is 14.4. The second kappa shape index (κ2) is 6.20. The first kappa shape index (κ1) is 16.1. The summed E-state index contributed by atoms with van der Waals surface area (Å²) in [7, 11) is 0. The Morgan fingerprint density at radius 3 is 2.33 bits per heavy atom. The van der Waals surface area contributed by atoms with E-state index in [2.05, 4.69) is 52.2 Å². The SMILES string of the molecule is CCCNc1nc(C(C)(C)C)nc(NC2CC2CC)c1C. The minimum atomic E-state index is -0.0412. The molecule has 118 valence electrons. The first-order valence-electron chi connectivity index (χ1n) is 8.26. The van der Waals surface area contributed by atoms with E-state index in [9.17, 15) is 0 Å². The van der Waals surface area contributed by atoms with E-state index in [1.807, 2.05) is 0 Å². The molecule has 1 aromatic heterocycles. The van der Waals surface area contributed by atoms with Crippen LogP contribution in [0.25, 0.3) is 0 Å². The molecule has 2 unspecified atom stereocenters. The van der Waals surface area contributed by atoms with Gasteiger partial charge in [0.2, 0.25) is 0 Å². The van der Waals surface area contributed by atoms with Crippen LogP contribution in [-0.4, -0.2) is 22.6 Å². The Morgan fingerprint density at radius 1 is 1.14 bits per heavy atom. The van der Waals surface area contributed by atoms with Crippen LogP contribution in [0.3, 0.4) is 0 Å². The van der Waals surface area contributed by atoms with Crippen molar-refractivity contribution in [2.75, 3.05) is 17.2 Å². The Morgan fingerprint density at radius 2 is 1.81 bits per heavy atom. The Balaban J connectivity index is 2.28. The molecule has 1 aliphatic carbocycles. The topological polar surface area (TPSA) is 49.8 Å². The van der Waals surface area contributed by atoms with Gasteiger partial charge in [0.05, 0.1) is 0 Å². The summed E-state index contributed by atoms with van der Waals surface area (Å²) in [5, 5.41) is 7.07. The van der Waals surface area contributed by atoms with Crippen LogP contribution in [0.4, 0.5) is 11.6 Å². The second-order valence-electron chi connectivity index (χ2n) is 7.20. The Bertz CT molecular complexity index is 490. The summed E-state index contributed by atoms with van der Waals surface area (Å²) in [5.74, 6) is 3.70. The number of nitrogens with zero attached hydrogens (tertiary/aromatic N) is 2. The fourth-order valence-corrected chi connectivity index (χ4v) is 2.46. The minimum Gasteiger partial charge on any atom is -0.370 e. The van der Waals surface area contributed by atoms with Gasteiger partial charge in [-0.1, -0.05) is 41.0 Å². The van der Waals surface area contributed by atoms with Gasteiger partial charge < -0.3 is 10.6 Å². The summed E-state index contributed by atoms with van der Waals surface area (Å²) in [6.45, 7) is 14.0. The quantitative estimate of drug-likeness (QED) is 0.827. The van der Waals surface area contributed by atoms with Crippen LogP contribution >= 0.6 is 0 Å². The summed E-state index contributed by atoms with van der Waals surface area (Å²) in [6.07, 6.45) is 3.61. The minimum absolute atomic E-state index is 0.0412. The van der Waals surface area contributed by atoms with E-state index in [0.29, 0.717) is 6.04 Å². The van der Waals surface area contributed by atoms with Crippen LogP contribution in [0.2, 0.25) is 0 Å². The van der Waals surface area contributed by atoms with Crippen LogP contribution in [0, 0.1) is 12.8 Å². The van der Waals surface area contributed by atoms with Gasteiger partial charge in [0, 0.05) is 23.6 Å². The number of nitrogens with one attached hydrogen (secondary N) is 2. The lowest BCUT2D eigenvalue weighted by atomic mass is 9.95. The van der Waals surface area contributed by atoms with Crippen molar-refractivity contribution in [2.24, 2.45) is 5.92 Å². The molecule has 1 heterocycles. The van der Waals surface area contributed by atoms with Gasteiger partial charge in [0.15, 0.2) is 0 Å². The van der Waals surface area contributed by atoms with Crippen LogP contribution in [-0.2, 0) is 5.41 Å². The predicted molar refractivity (Wildman–Crippen MR) is 90.1 cm³/mol. The summed E-state index contributed by atoms with van der Waals surface area (Å²) in [5.41, 5.74) is 1.10. The van der Waals surface area contributed by atoms with E-state index in [1.54, 1.807) is 0 Å². The van der Waals surface area contributed by atoms with Crippen molar-refractivity contribution in [3.8, 4) is 0 Å². The lowest BCUT2D eigenvalue weighted by molar-refractivity contribution is 0.545. The largest absolute Gasteiger partial charge is 0.370 e. The highest BCUT2D eigenvalue weighted by Gasteiger charge is 2.36. The predicted octanol–water partition coefficient (Wildman–Crippen LogP) is 4.11. The van der Waals surface area contributed by atoms with Gasteiger partial charge in [-0.2, -0.15) is 0 Å². The van der Waals surface area contributed by atoms with Gasteiger partial charge in [0.25, 0.3) is 0 Å². The first-order chi connectivity index (χ1) is 9.86. The molecule has 2 rings (SSSR count). The van der Waals surface area contributed by atoms with Gasteiger partial charge in [-0.15, -0.1) is 0 Å². The third-order valence-electron chi connectivity index (χ3n) is 4.13. The standard InChI is InChI=1S/C17H30N4/c1-7-9-18-14-11(3)15(19-13-10-12(13)8-2)21-16(20-14)17(4,5)6/h12-13H,7-10H2,1-6H3,(H2,18,19,20,21). The van der Waals surface area contributed by atoms with Crippen molar-refractivity contribution in [1.29, 1.82) is 0 Å². The molecule has 0 spiro atoms. The average Bonchev–Trinajstić information content (AvgIpc) is 3.16. The smallest absolute Gasteiger partial charge is 0.138 e. The van der Waals surface area contributed by atoms with Gasteiger partial charge in [-0.05, 0) is 25.7 Å². The molecule has 1 aliphatic rings. The van der Waals surface area contributed by atoms with E-state index < -0.39 is 0 Å². The second-order valence-corrected chi connectivity index (χ2v) is 7.20. The number of rotatable bonds is 6. The number of hydrogen-bond donors (Lipinski definition) is 2. The van der Waals surface area contributed by atoms with Crippen molar-refractivity contribution in [3.63, 3.8) is 0 Å². The lowest BCUT2D eigenvalue weighted by Gasteiger charge is -2.21. The van der Waals surface area contributed by atoms with E-state index >= 15 is 0 Å². The number of hydrogen-bond acceptors (Lipinski definition) is 4. The normalized spacial score (nSPS) is 21.2. The van der Waals surface area contributed by atoms with Crippen LogP contribution in [0.15, 0.2) is 0 Å². The maximum Gasteiger partial charge on any atom is 0.138 e.